The first-order valence-electron chi connectivity index (χ1n) is 4.81. The van der Waals surface area contributed by atoms with Crippen LogP contribution in [0.2, 0.25) is 5.02 Å². The molecule has 0 saturated heterocycles. The third-order valence-electron chi connectivity index (χ3n) is 2.13. The van der Waals surface area contributed by atoms with Crippen molar-refractivity contribution in [3.63, 3.8) is 0 Å². The van der Waals surface area contributed by atoms with Gasteiger partial charge in [-0.3, -0.25) is 0 Å². The summed E-state index contributed by atoms with van der Waals surface area (Å²) >= 11 is 5.92. The Morgan fingerprint density at radius 2 is 2.12 bits per heavy atom. The van der Waals surface area contributed by atoms with Crippen molar-refractivity contribution < 1.29 is 14.6 Å². The molecule has 5 heteroatoms. The molecule has 0 fully saturated rings. The lowest BCUT2D eigenvalue weighted by Gasteiger charge is -2.29. The van der Waals surface area contributed by atoms with Crippen LogP contribution in [0.15, 0.2) is 18.2 Å². The average molecular weight is 243 g/mol. The van der Waals surface area contributed by atoms with Crippen molar-refractivity contribution in [2.24, 2.45) is 0 Å². The topological polar surface area (TPSA) is 52.6 Å². The number of rotatable bonds is 3. The minimum atomic E-state index is -1.25. The minimum absolute atomic E-state index is 0.213. The van der Waals surface area contributed by atoms with Crippen molar-refractivity contribution >= 4 is 23.4 Å². The van der Waals surface area contributed by atoms with E-state index >= 15 is 0 Å². The summed E-state index contributed by atoms with van der Waals surface area (Å²) < 4.78 is 4.99. The van der Waals surface area contributed by atoms with Gasteiger partial charge in [-0.2, -0.15) is 0 Å². The predicted molar refractivity (Wildman–Crippen MR) is 61.0 cm³/mol. The molecular formula is C11H13ClNO3-. The SMILES string of the molecule is COc1ccc(N(C(=O)[O-])C(C)C)cc1Cl. The van der Waals surface area contributed by atoms with Gasteiger partial charge in [0.15, 0.2) is 0 Å². The van der Waals surface area contributed by atoms with Gasteiger partial charge in [-0.25, -0.2) is 0 Å². The molecule has 0 N–H and O–H groups in total. The second-order valence-corrected chi connectivity index (χ2v) is 3.96. The van der Waals surface area contributed by atoms with Crippen LogP contribution in [-0.4, -0.2) is 19.2 Å². The van der Waals surface area contributed by atoms with E-state index in [9.17, 15) is 9.90 Å². The molecule has 0 saturated carbocycles. The van der Waals surface area contributed by atoms with Gasteiger partial charge in [-0.05, 0) is 32.0 Å². The molecular weight excluding hydrogens is 230 g/mol. The lowest BCUT2D eigenvalue weighted by atomic mass is 10.2. The summed E-state index contributed by atoms with van der Waals surface area (Å²) in [6, 6.07) is 4.57. The second kappa shape index (κ2) is 5.07. The molecule has 0 unspecified atom stereocenters. The van der Waals surface area contributed by atoms with Crippen LogP contribution in [0.1, 0.15) is 13.8 Å². The van der Waals surface area contributed by atoms with Gasteiger partial charge in [0.2, 0.25) is 0 Å². The summed E-state index contributed by atoms with van der Waals surface area (Å²) in [5.74, 6) is 0.507. The normalized spacial score (nSPS) is 10.3. The first-order chi connectivity index (χ1) is 7.47. The van der Waals surface area contributed by atoms with E-state index in [2.05, 4.69) is 0 Å². The number of carbonyl (C=O) groups is 1. The molecule has 88 valence electrons. The molecule has 16 heavy (non-hydrogen) atoms. The van der Waals surface area contributed by atoms with Crippen LogP contribution >= 0.6 is 11.6 Å². The molecule has 0 bridgehead atoms. The standard InChI is InChI=1S/C11H14ClNO3/c1-7(2)13(11(14)15)8-4-5-10(16-3)9(12)6-8/h4-7H,1-3H3,(H,14,15)/p-1. The van der Waals surface area contributed by atoms with Gasteiger partial charge in [0.1, 0.15) is 11.8 Å². The van der Waals surface area contributed by atoms with Crippen LogP contribution in [-0.2, 0) is 0 Å². The smallest absolute Gasteiger partial charge is 0.141 e. The molecule has 0 spiro atoms. The van der Waals surface area contributed by atoms with Gasteiger partial charge in [0, 0.05) is 11.7 Å². The number of nitrogens with zero attached hydrogens (tertiary/aromatic N) is 1. The molecule has 0 heterocycles. The Hall–Kier alpha value is -1.42. The van der Waals surface area contributed by atoms with Gasteiger partial charge in [0.25, 0.3) is 0 Å². The third-order valence-corrected chi connectivity index (χ3v) is 2.42. The molecule has 0 aliphatic carbocycles. The van der Waals surface area contributed by atoms with E-state index in [1.807, 2.05) is 0 Å². The molecule has 0 aromatic heterocycles. The lowest BCUT2D eigenvalue weighted by molar-refractivity contribution is -0.247. The van der Waals surface area contributed by atoms with Gasteiger partial charge >= 0.3 is 0 Å². The van der Waals surface area contributed by atoms with Crippen LogP contribution in [0.25, 0.3) is 0 Å². The van der Waals surface area contributed by atoms with Crippen molar-refractivity contribution in [2.45, 2.75) is 19.9 Å². The van der Waals surface area contributed by atoms with Crippen molar-refractivity contribution in [2.75, 3.05) is 12.0 Å². The summed E-state index contributed by atoms with van der Waals surface area (Å²) in [5.41, 5.74) is 0.473. The number of ether oxygens (including phenoxy) is 1. The summed E-state index contributed by atoms with van der Waals surface area (Å²) in [5, 5.41) is 11.3. The highest BCUT2D eigenvalue weighted by atomic mass is 35.5. The van der Waals surface area contributed by atoms with Crippen LogP contribution in [0.3, 0.4) is 0 Å². The Morgan fingerprint density at radius 3 is 2.50 bits per heavy atom. The van der Waals surface area contributed by atoms with Crippen LogP contribution in [0.4, 0.5) is 10.5 Å². The lowest BCUT2D eigenvalue weighted by Crippen LogP contribution is -2.45. The largest absolute Gasteiger partial charge is 0.530 e. The van der Waals surface area contributed by atoms with E-state index < -0.39 is 6.09 Å². The summed E-state index contributed by atoms with van der Waals surface area (Å²) in [7, 11) is 1.50. The summed E-state index contributed by atoms with van der Waals surface area (Å²) in [4.78, 5) is 12.1. The molecule has 0 aliphatic heterocycles. The van der Waals surface area contributed by atoms with E-state index in [0.29, 0.717) is 16.5 Å². The van der Waals surface area contributed by atoms with Crippen molar-refractivity contribution in [1.29, 1.82) is 0 Å². The van der Waals surface area contributed by atoms with Crippen molar-refractivity contribution in [3.8, 4) is 5.75 Å². The maximum absolute atomic E-state index is 10.9. The second-order valence-electron chi connectivity index (χ2n) is 3.55. The molecule has 0 radical (unpaired) electrons. The first kappa shape index (κ1) is 12.6. The highest BCUT2D eigenvalue weighted by molar-refractivity contribution is 6.32. The van der Waals surface area contributed by atoms with E-state index in [1.54, 1.807) is 26.0 Å². The minimum Gasteiger partial charge on any atom is -0.530 e. The highest BCUT2D eigenvalue weighted by Gasteiger charge is 2.13. The molecule has 1 amide bonds. The Morgan fingerprint density at radius 1 is 1.50 bits per heavy atom. The zero-order valence-electron chi connectivity index (χ0n) is 9.36. The Bertz CT molecular complexity index is 393. The fraction of sp³-hybridized carbons (Fsp3) is 0.364. The third kappa shape index (κ3) is 2.58. The van der Waals surface area contributed by atoms with Gasteiger partial charge in [0.05, 0.1) is 12.1 Å². The quantitative estimate of drug-likeness (QED) is 0.814. The fourth-order valence-electron chi connectivity index (χ4n) is 1.42. The first-order valence-corrected chi connectivity index (χ1v) is 5.19. The molecule has 1 aromatic rings. The number of hydrogen-bond acceptors (Lipinski definition) is 3. The number of carbonyl (C=O) groups excluding carboxylic acids is 1. The number of halogens is 1. The Labute approximate surface area is 99.4 Å². The molecule has 4 nitrogen and oxygen atoms in total. The number of benzene rings is 1. The molecule has 1 rings (SSSR count). The number of methoxy groups -OCH3 is 1. The average Bonchev–Trinajstić information content (AvgIpc) is 2.16. The fourth-order valence-corrected chi connectivity index (χ4v) is 1.67. The zero-order chi connectivity index (χ0) is 12.3. The zero-order valence-corrected chi connectivity index (χ0v) is 10.1. The number of amides is 1. The summed E-state index contributed by atoms with van der Waals surface area (Å²) in [6.07, 6.45) is -1.25. The Kier molecular flexibility index (Phi) is 4.01. The van der Waals surface area contributed by atoms with Crippen LogP contribution in [0, 0.1) is 0 Å². The number of hydrogen-bond donors (Lipinski definition) is 0. The highest BCUT2D eigenvalue weighted by Crippen LogP contribution is 2.29. The number of anilines is 1. The molecule has 1 aromatic carbocycles. The molecule has 0 aliphatic rings. The monoisotopic (exact) mass is 242 g/mol. The molecule has 0 atom stereocenters. The van der Waals surface area contributed by atoms with Crippen molar-refractivity contribution in [1.82, 2.24) is 0 Å². The van der Waals surface area contributed by atoms with Crippen molar-refractivity contribution in [3.05, 3.63) is 23.2 Å². The maximum Gasteiger partial charge on any atom is 0.141 e. The van der Waals surface area contributed by atoms with Gasteiger partial charge < -0.3 is 19.5 Å². The van der Waals surface area contributed by atoms with Gasteiger partial charge in [-0.15, -0.1) is 0 Å². The Balaban J connectivity index is 3.12. The van der Waals surface area contributed by atoms with Crippen LogP contribution < -0.4 is 14.7 Å². The van der Waals surface area contributed by atoms with E-state index in [1.165, 1.54) is 13.2 Å². The van der Waals surface area contributed by atoms with Crippen LogP contribution in [0.5, 0.6) is 5.75 Å². The van der Waals surface area contributed by atoms with Gasteiger partial charge in [-0.1, -0.05) is 11.6 Å². The number of carboxylic acid groups (broad SMARTS) is 1. The maximum atomic E-state index is 10.9. The van der Waals surface area contributed by atoms with E-state index in [4.69, 9.17) is 16.3 Å². The summed E-state index contributed by atoms with van der Waals surface area (Å²) in [6.45, 7) is 3.52. The van der Waals surface area contributed by atoms with E-state index in [0.717, 1.165) is 4.90 Å². The predicted octanol–water partition coefficient (Wildman–Crippen LogP) is 1.91. The van der Waals surface area contributed by atoms with E-state index in [-0.39, 0.29) is 6.04 Å².